The normalized spacial score (nSPS) is 21.3. The number of carbonyl (C=O) groups excluding carboxylic acids is 1. The summed E-state index contributed by atoms with van der Waals surface area (Å²) in [5.74, 6) is 0.171. The Morgan fingerprint density at radius 3 is 2.39 bits per heavy atom. The van der Waals surface area contributed by atoms with Crippen molar-refractivity contribution in [2.24, 2.45) is 5.92 Å². The fraction of sp³-hybridized carbons (Fsp3) is 0.500. The lowest BCUT2D eigenvalue weighted by Gasteiger charge is -2.35. The first kappa shape index (κ1) is 26.5. The molecule has 2 atom stereocenters. The van der Waals surface area contributed by atoms with Gasteiger partial charge in [0.1, 0.15) is 23.3 Å². The molecular weight excluding hydrogens is 484 g/mol. The van der Waals surface area contributed by atoms with Gasteiger partial charge >= 0.3 is 0 Å². The van der Waals surface area contributed by atoms with Gasteiger partial charge in [-0.05, 0) is 57.7 Å². The van der Waals surface area contributed by atoms with Gasteiger partial charge in [-0.3, -0.25) is 9.69 Å². The minimum atomic E-state index is -0.600. The van der Waals surface area contributed by atoms with Gasteiger partial charge in [0.15, 0.2) is 0 Å². The highest BCUT2D eigenvalue weighted by atomic mass is 19.1. The highest BCUT2D eigenvalue weighted by Gasteiger charge is 2.45. The molecule has 3 heterocycles. The van der Waals surface area contributed by atoms with Crippen molar-refractivity contribution >= 4 is 5.91 Å². The molecule has 2 aromatic carbocycles. The van der Waals surface area contributed by atoms with Gasteiger partial charge in [0, 0.05) is 49.6 Å². The lowest BCUT2D eigenvalue weighted by molar-refractivity contribution is -0.136. The highest BCUT2D eigenvalue weighted by Crippen LogP contribution is 2.39. The van der Waals surface area contributed by atoms with E-state index in [1.807, 2.05) is 34.7 Å². The van der Waals surface area contributed by atoms with Gasteiger partial charge in [-0.2, -0.15) is 5.10 Å². The molecule has 202 valence electrons. The fourth-order valence-electron chi connectivity index (χ4n) is 5.96. The Kier molecular flexibility index (Phi) is 7.36. The molecule has 0 aliphatic carbocycles. The molecular formula is C30H37F2N5O. The molecule has 1 amide bonds. The zero-order valence-electron chi connectivity index (χ0n) is 22.7. The van der Waals surface area contributed by atoms with E-state index in [0.717, 1.165) is 30.6 Å². The number of halogens is 2. The minimum absolute atomic E-state index is 0.0610. The topological polar surface area (TPSA) is 54.3 Å². The number of likely N-dealkylation sites (tertiary alicyclic amines) is 2. The molecule has 2 fully saturated rings. The maximum absolute atomic E-state index is 14.8. The Morgan fingerprint density at radius 1 is 1.03 bits per heavy atom. The number of benzene rings is 2. The molecule has 2 aliphatic heterocycles. The number of nitrogens with zero attached hydrogens (tertiary/aromatic N) is 5. The highest BCUT2D eigenvalue weighted by molar-refractivity contribution is 5.81. The summed E-state index contributed by atoms with van der Waals surface area (Å²) in [5, 5.41) is 4.64. The average molecular weight is 522 g/mol. The lowest BCUT2D eigenvalue weighted by atomic mass is 9.86. The fourth-order valence-corrected chi connectivity index (χ4v) is 5.96. The van der Waals surface area contributed by atoms with Crippen molar-refractivity contribution in [3.05, 3.63) is 82.9 Å². The molecule has 38 heavy (non-hydrogen) atoms. The number of rotatable bonds is 5. The van der Waals surface area contributed by atoms with Crippen molar-refractivity contribution in [3.63, 3.8) is 0 Å². The molecule has 0 unspecified atom stereocenters. The number of hydrogen-bond acceptors (Lipinski definition) is 4. The second-order valence-corrected chi connectivity index (χ2v) is 11.7. The molecule has 2 saturated heterocycles. The van der Waals surface area contributed by atoms with Crippen LogP contribution in [0.15, 0.2) is 48.5 Å². The van der Waals surface area contributed by atoms with Crippen molar-refractivity contribution < 1.29 is 13.6 Å². The Morgan fingerprint density at radius 2 is 1.74 bits per heavy atom. The number of piperidine rings is 1. The summed E-state index contributed by atoms with van der Waals surface area (Å²) in [7, 11) is 0. The van der Waals surface area contributed by atoms with E-state index in [9.17, 15) is 13.6 Å². The van der Waals surface area contributed by atoms with Gasteiger partial charge in [-0.25, -0.2) is 18.4 Å². The number of amides is 1. The maximum Gasteiger partial charge on any atom is 0.227 e. The van der Waals surface area contributed by atoms with E-state index in [1.165, 1.54) is 17.7 Å². The van der Waals surface area contributed by atoms with Gasteiger partial charge in [-0.1, -0.05) is 36.4 Å². The van der Waals surface area contributed by atoms with E-state index < -0.39 is 11.6 Å². The second kappa shape index (κ2) is 10.6. The Labute approximate surface area is 223 Å². The molecule has 0 spiro atoms. The van der Waals surface area contributed by atoms with Gasteiger partial charge in [0.05, 0.1) is 12.5 Å². The zero-order valence-corrected chi connectivity index (χ0v) is 22.7. The molecule has 3 aromatic rings. The Hall–Kier alpha value is -3.13. The van der Waals surface area contributed by atoms with E-state index >= 15 is 0 Å². The van der Waals surface area contributed by atoms with Crippen LogP contribution in [0.25, 0.3) is 0 Å². The standard InChI is InChI=1S/C30H37F2N5O/c1-20-33-28(37(34-20)17-21-8-6-5-7-9-21)22-12-14-35(15-13-22)29(38)26-19-36(30(2,3)4)18-25(26)24-11-10-23(31)16-27(24)32/h5-11,16,22,25-26H,12-15,17-19H2,1-4H3/t25-,26+/m0/s1. The number of carbonyl (C=O) groups is 1. The van der Waals surface area contributed by atoms with Gasteiger partial charge in [0.2, 0.25) is 5.91 Å². The molecule has 6 nitrogen and oxygen atoms in total. The smallest absolute Gasteiger partial charge is 0.227 e. The van der Waals surface area contributed by atoms with Crippen molar-refractivity contribution in [1.29, 1.82) is 0 Å². The zero-order chi connectivity index (χ0) is 27.0. The van der Waals surface area contributed by atoms with E-state index in [-0.39, 0.29) is 29.2 Å². The molecule has 0 radical (unpaired) electrons. The summed E-state index contributed by atoms with van der Waals surface area (Å²) in [6.07, 6.45) is 1.62. The first-order valence-corrected chi connectivity index (χ1v) is 13.5. The SMILES string of the molecule is Cc1nc(C2CCN(C(=O)[C@@H]3CN(C(C)(C)C)C[C@H]3c3ccc(F)cc3F)CC2)n(Cc2ccccc2)n1. The average Bonchev–Trinajstić information content (AvgIpc) is 3.48. The molecule has 2 aliphatic rings. The second-order valence-electron chi connectivity index (χ2n) is 11.7. The summed E-state index contributed by atoms with van der Waals surface area (Å²) < 4.78 is 30.5. The monoisotopic (exact) mass is 521 g/mol. The minimum Gasteiger partial charge on any atom is -0.342 e. The van der Waals surface area contributed by atoms with Gasteiger partial charge in [-0.15, -0.1) is 0 Å². The first-order chi connectivity index (χ1) is 18.1. The van der Waals surface area contributed by atoms with Crippen LogP contribution < -0.4 is 0 Å². The number of aromatic nitrogens is 3. The van der Waals surface area contributed by atoms with E-state index in [2.05, 4.69) is 42.9 Å². The van der Waals surface area contributed by atoms with Crippen molar-refractivity contribution in [2.45, 2.75) is 64.5 Å². The quantitative estimate of drug-likeness (QED) is 0.467. The largest absolute Gasteiger partial charge is 0.342 e. The summed E-state index contributed by atoms with van der Waals surface area (Å²) in [5.41, 5.74) is 1.45. The molecule has 1 aromatic heterocycles. The van der Waals surface area contributed by atoms with E-state index in [1.54, 1.807) is 0 Å². The van der Waals surface area contributed by atoms with Gasteiger partial charge < -0.3 is 4.90 Å². The van der Waals surface area contributed by atoms with Gasteiger partial charge in [0.25, 0.3) is 0 Å². The third-order valence-electron chi connectivity index (χ3n) is 8.10. The molecule has 8 heteroatoms. The molecule has 5 rings (SSSR count). The number of aryl methyl sites for hydroxylation is 1. The van der Waals surface area contributed by atoms with Crippen LogP contribution in [-0.4, -0.2) is 62.2 Å². The summed E-state index contributed by atoms with van der Waals surface area (Å²) in [4.78, 5) is 22.8. The van der Waals surface area contributed by atoms with Crippen LogP contribution >= 0.6 is 0 Å². The van der Waals surface area contributed by atoms with Crippen LogP contribution in [0.2, 0.25) is 0 Å². The third kappa shape index (κ3) is 5.51. The molecule has 0 bridgehead atoms. The predicted octanol–water partition coefficient (Wildman–Crippen LogP) is 5.13. The van der Waals surface area contributed by atoms with Crippen molar-refractivity contribution in [2.75, 3.05) is 26.2 Å². The predicted molar refractivity (Wildman–Crippen MR) is 143 cm³/mol. The Bertz CT molecular complexity index is 1280. The molecule has 0 saturated carbocycles. The van der Waals surface area contributed by atoms with E-state index in [0.29, 0.717) is 38.3 Å². The Balaban J connectivity index is 1.30. The van der Waals surface area contributed by atoms with Crippen LogP contribution in [0.3, 0.4) is 0 Å². The van der Waals surface area contributed by atoms with Crippen molar-refractivity contribution in [1.82, 2.24) is 24.6 Å². The third-order valence-corrected chi connectivity index (χ3v) is 8.10. The van der Waals surface area contributed by atoms with Crippen molar-refractivity contribution in [3.8, 4) is 0 Å². The first-order valence-electron chi connectivity index (χ1n) is 13.5. The van der Waals surface area contributed by atoms with Crippen LogP contribution in [0.5, 0.6) is 0 Å². The van der Waals surface area contributed by atoms with Crippen LogP contribution in [-0.2, 0) is 11.3 Å². The molecule has 0 N–H and O–H groups in total. The summed E-state index contributed by atoms with van der Waals surface area (Å²) in [6.45, 7) is 11.3. The number of hydrogen-bond donors (Lipinski definition) is 0. The summed E-state index contributed by atoms with van der Waals surface area (Å²) in [6, 6.07) is 14.0. The van der Waals surface area contributed by atoms with Crippen LogP contribution in [0, 0.1) is 24.5 Å². The summed E-state index contributed by atoms with van der Waals surface area (Å²) >= 11 is 0. The van der Waals surface area contributed by atoms with Crippen LogP contribution in [0.4, 0.5) is 8.78 Å². The maximum atomic E-state index is 14.8. The van der Waals surface area contributed by atoms with Crippen LogP contribution in [0.1, 0.15) is 68.2 Å². The van der Waals surface area contributed by atoms with E-state index in [4.69, 9.17) is 4.98 Å². The lowest BCUT2D eigenvalue weighted by Crippen LogP contribution is -2.44.